The Morgan fingerprint density at radius 3 is 2.47 bits per heavy atom. The highest BCUT2D eigenvalue weighted by Crippen LogP contribution is 2.70. The molecule has 0 radical (unpaired) electrons. The summed E-state index contributed by atoms with van der Waals surface area (Å²) in [5.41, 5.74) is -0.274. The van der Waals surface area contributed by atoms with Crippen molar-refractivity contribution in [1.29, 1.82) is 0 Å². The summed E-state index contributed by atoms with van der Waals surface area (Å²) < 4.78 is 17.0. The number of esters is 1. The van der Waals surface area contributed by atoms with Gasteiger partial charge in [0, 0.05) is 11.0 Å². The van der Waals surface area contributed by atoms with Crippen molar-refractivity contribution in [2.75, 3.05) is 13.2 Å². The molecule has 6 aliphatic rings. The molecule has 4 saturated carbocycles. The SMILES string of the molecule is C[C@]12CC[C@@H](O[C@H]3O[C@@H](CO)[C@H](O)[C@@H](O)[C@@H]3O)C[C@@H]1CC[C@@H]1[C@@H]2CC[C@]2(C)[C@H](C3=CCOC3=O)CC[C@@]12O. The molecule has 0 spiro atoms. The molecule has 38 heavy (non-hydrogen) atoms. The van der Waals surface area contributed by atoms with Gasteiger partial charge in [0.05, 0.1) is 18.3 Å². The van der Waals surface area contributed by atoms with Crippen LogP contribution in [-0.4, -0.2) is 87.1 Å². The number of carbonyl (C=O) groups excluding carboxylic acids is 1. The van der Waals surface area contributed by atoms with Crippen molar-refractivity contribution in [2.24, 2.45) is 34.5 Å². The third-order valence-corrected chi connectivity index (χ3v) is 12.1. The Morgan fingerprint density at radius 1 is 0.974 bits per heavy atom. The van der Waals surface area contributed by atoms with Crippen molar-refractivity contribution in [1.82, 2.24) is 0 Å². The number of carbonyl (C=O) groups is 1. The molecule has 0 bridgehead atoms. The van der Waals surface area contributed by atoms with Crippen LogP contribution in [0.2, 0.25) is 0 Å². The van der Waals surface area contributed by atoms with Crippen LogP contribution in [0.3, 0.4) is 0 Å². The van der Waals surface area contributed by atoms with E-state index in [2.05, 4.69) is 13.8 Å². The summed E-state index contributed by atoms with van der Waals surface area (Å²) in [6.07, 6.45) is 3.42. The lowest BCUT2D eigenvalue weighted by Gasteiger charge is -2.63. The molecule has 9 heteroatoms. The van der Waals surface area contributed by atoms with Crippen LogP contribution in [0.4, 0.5) is 0 Å². The first kappa shape index (κ1) is 27.1. The quantitative estimate of drug-likeness (QED) is 0.266. The fraction of sp³-hybridized carbons (Fsp3) is 0.897. The maximum atomic E-state index is 12.4. The highest BCUT2D eigenvalue weighted by Gasteiger charge is 2.68. The Bertz CT molecular complexity index is 968. The van der Waals surface area contributed by atoms with Gasteiger partial charge in [-0.3, -0.25) is 0 Å². The molecule has 2 heterocycles. The van der Waals surface area contributed by atoms with Gasteiger partial charge in [0.25, 0.3) is 0 Å². The van der Waals surface area contributed by atoms with E-state index in [4.69, 9.17) is 14.2 Å². The molecule has 0 unspecified atom stereocenters. The molecular weight excluding hydrogens is 492 g/mol. The van der Waals surface area contributed by atoms with Gasteiger partial charge in [0.2, 0.25) is 0 Å². The zero-order valence-corrected chi connectivity index (χ0v) is 22.5. The average Bonchev–Trinajstić information content (AvgIpc) is 3.43. The van der Waals surface area contributed by atoms with Gasteiger partial charge in [0.15, 0.2) is 6.29 Å². The van der Waals surface area contributed by atoms with E-state index in [1.165, 1.54) is 0 Å². The summed E-state index contributed by atoms with van der Waals surface area (Å²) in [6.45, 7) is 4.46. The van der Waals surface area contributed by atoms with Crippen molar-refractivity contribution in [3.8, 4) is 0 Å². The fourth-order valence-corrected chi connectivity index (χ4v) is 9.84. The number of ether oxygens (including phenoxy) is 3. The molecule has 1 saturated heterocycles. The number of rotatable bonds is 4. The monoisotopic (exact) mass is 536 g/mol. The van der Waals surface area contributed by atoms with Crippen molar-refractivity contribution in [2.45, 2.75) is 114 Å². The van der Waals surface area contributed by atoms with E-state index in [1.807, 2.05) is 6.08 Å². The van der Waals surface area contributed by atoms with Gasteiger partial charge in [-0.15, -0.1) is 0 Å². The summed E-state index contributed by atoms with van der Waals surface area (Å²) in [5.74, 6) is 0.849. The van der Waals surface area contributed by atoms with Gasteiger partial charge in [-0.2, -0.15) is 0 Å². The van der Waals surface area contributed by atoms with Gasteiger partial charge in [-0.05, 0) is 93.0 Å². The van der Waals surface area contributed by atoms with Gasteiger partial charge in [-0.25, -0.2) is 4.79 Å². The van der Waals surface area contributed by atoms with Gasteiger partial charge < -0.3 is 39.7 Å². The summed E-state index contributed by atoms with van der Waals surface area (Å²) >= 11 is 0. The van der Waals surface area contributed by atoms with Crippen LogP contribution in [0.1, 0.15) is 71.6 Å². The molecule has 5 N–H and O–H groups in total. The van der Waals surface area contributed by atoms with Gasteiger partial charge >= 0.3 is 5.97 Å². The van der Waals surface area contributed by atoms with Crippen molar-refractivity contribution >= 4 is 5.97 Å². The molecule has 0 aromatic rings. The minimum absolute atomic E-state index is 0.0525. The molecule has 2 aliphatic heterocycles. The van der Waals surface area contributed by atoms with E-state index in [1.54, 1.807) is 0 Å². The lowest BCUT2D eigenvalue weighted by atomic mass is 9.43. The normalized spacial score (nSPS) is 54.5. The first-order valence-electron chi connectivity index (χ1n) is 14.6. The molecule has 9 nitrogen and oxygen atoms in total. The van der Waals surface area contributed by atoms with Crippen LogP contribution in [0.5, 0.6) is 0 Å². The topological polar surface area (TPSA) is 146 Å². The van der Waals surface area contributed by atoms with E-state index < -0.39 is 42.9 Å². The van der Waals surface area contributed by atoms with Crippen molar-refractivity contribution in [3.63, 3.8) is 0 Å². The molecular formula is C29H44O9. The third kappa shape index (κ3) is 3.80. The second kappa shape index (κ2) is 9.50. The Balaban J connectivity index is 1.16. The lowest BCUT2D eigenvalue weighted by molar-refractivity contribution is -0.317. The molecule has 4 aliphatic carbocycles. The second-order valence-electron chi connectivity index (χ2n) is 13.5. The number of cyclic esters (lactones) is 1. The minimum atomic E-state index is -1.44. The number of aliphatic hydroxyl groups is 5. The van der Waals surface area contributed by atoms with E-state index >= 15 is 0 Å². The molecule has 13 atom stereocenters. The standard InChI is InChI=1S/C29H44O9/c1-27-9-5-16(37-26-24(33)23(32)22(31)21(14-30)38-26)13-15(27)3-4-20-19(27)6-10-28(2)18(7-11-29(20,28)35)17-8-12-36-25(17)34/h8,15-16,18-24,26,30-33,35H,3-7,9-14H2,1-2H3/t15-,16+,18-,19-,20+,21-,22-,23+,24-,26-,27-,28+,29+/m0/s1. The lowest BCUT2D eigenvalue weighted by Crippen LogP contribution is -2.63. The van der Waals surface area contributed by atoms with Crippen LogP contribution < -0.4 is 0 Å². The van der Waals surface area contributed by atoms with Crippen LogP contribution >= 0.6 is 0 Å². The van der Waals surface area contributed by atoms with Crippen LogP contribution in [-0.2, 0) is 19.0 Å². The molecule has 0 amide bonds. The summed E-state index contributed by atoms with van der Waals surface area (Å²) in [4.78, 5) is 12.4. The Labute approximate surface area is 224 Å². The zero-order chi connectivity index (χ0) is 27.0. The zero-order valence-electron chi connectivity index (χ0n) is 22.5. The third-order valence-electron chi connectivity index (χ3n) is 12.1. The van der Waals surface area contributed by atoms with E-state index in [0.29, 0.717) is 18.4 Å². The van der Waals surface area contributed by atoms with E-state index in [9.17, 15) is 30.3 Å². The number of fused-ring (bicyclic) bond motifs is 5. The maximum absolute atomic E-state index is 12.4. The summed E-state index contributed by atoms with van der Waals surface area (Å²) in [6, 6.07) is 0. The summed E-state index contributed by atoms with van der Waals surface area (Å²) in [7, 11) is 0. The van der Waals surface area contributed by atoms with E-state index in [-0.39, 0.29) is 34.7 Å². The van der Waals surface area contributed by atoms with Crippen LogP contribution in [0.25, 0.3) is 0 Å². The Hall–Kier alpha value is -1.07. The number of aliphatic hydroxyl groups excluding tert-OH is 4. The number of hydrogen-bond donors (Lipinski definition) is 5. The van der Waals surface area contributed by atoms with Crippen molar-refractivity contribution in [3.05, 3.63) is 11.6 Å². The minimum Gasteiger partial charge on any atom is -0.458 e. The second-order valence-corrected chi connectivity index (χ2v) is 13.5. The fourth-order valence-electron chi connectivity index (χ4n) is 9.84. The average molecular weight is 537 g/mol. The Morgan fingerprint density at radius 2 is 1.76 bits per heavy atom. The molecule has 0 aromatic carbocycles. The molecule has 6 rings (SSSR count). The van der Waals surface area contributed by atoms with E-state index in [0.717, 1.165) is 63.4 Å². The largest absolute Gasteiger partial charge is 0.458 e. The number of hydrogen-bond acceptors (Lipinski definition) is 9. The van der Waals surface area contributed by atoms with Gasteiger partial charge in [0.1, 0.15) is 31.0 Å². The highest BCUT2D eigenvalue weighted by molar-refractivity contribution is 5.91. The predicted octanol–water partition coefficient (Wildman–Crippen LogP) is 1.43. The highest BCUT2D eigenvalue weighted by atomic mass is 16.7. The van der Waals surface area contributed by atoms with Gasteiger partial charge in [-0.1, -0.05) is 13.8 Å². The van der Waals surface area contributed by atoms with Crippen molar-refractivity contribution < 1.29 is 44.5 Å². The van der Waals surface area contributed by atoms with Crippen LogP contribution in [0.15, 0.2) is 11.6 Å². The first-order valence-corrected chi connectivity index (χ1v) is 14.6. The van der Waals surface area contributed by atoms with Crippen LogP contribution in [0, 0.1) is 34.5 Å². The maximum Gasteiger partial charge on any atom is 0.334 e. The molecule has 0 aromatic heterocycles. The smallest absolute Gasteiger partial charge is 0.334 e. The Kier molecular flexibility index (Phi) is 6.78. The predicted molar refractivity (Wildman–Crippen MR) is 134 cm³/mol. The summed E-state index contributed by atoms with van der Waals surface area (Å²) in [5, 5.41) is 52.5. The molecule has 5 fully saturated rings. The molecule has 214 valence electrons. The first-order chi connectivity index (χ1) is 18.0.